The van der Waals surface area contributed by atoms with E-state index >= 15 is 0 Å². The minimum absolute atomic E-state index is 0.105. The monoisotopic (exact) mass is 397 g/mol. The molecule has 4 rings (SSSR count). The van der Waals surface area contributed by atoms with E-state index in [1.54, 1.807) is 0 Å². The Balaban J connectivity index is 1.22. The predicted molar refractivity (Wildman–Crippen MR) is 110 cm³/mol. The van der Waals surface area contributed by atoms with Crippen LogP contribution in [0.25, 0.3) is 0 Å². The standard InChI is InChI=1S/C22H27N3O4/c1-24-9-10-28-19-7-4-8-20(22(19)24)29-15-21(27)23-11-18(26)14-25-12-16-5-2-3-6-17(16)13-25/h2-8,18,26H,9-15H2,1H3,(H,23,27). The van der Waals surface area contributed by atoms with Gasteiger partial charge in [-0.15, -0.1) is 0 Å². The third-order valence-corrected chi connectivity index (χ3v) is 5.30. The number of carbonyl (C=O) groups excluding carboxylic acids is 1. The maximum atomic E-state index is 12.2. The van der Waals surface area contributed by atoms with Crippen molar-refractivity contribution in [2.75, 3.05) is 44.8 Å². The number of fused-ring (bicyclic) bond motifs is 2. The SMILES string of the molecule is CN1CCOc2cccc(OCC(=O)NCC(O)CN3Cc4ccccc4C3)c21. The lowest BCUT2D eigenvalue weighted by Gasteiger charge is -2.29. The predicted octanol–water partition coefficient (Wildman–Crippen LogP) is 1.39. The first-order valence-corrected chi connectivity index (χ1v) is 9.94. The second kappa shape index (κ2) is 8.71. The summed E-state index contributed by atoms with van der Waals surface area (Å²) in [5.41, 5.74) is 3.47. The molecule has 0 bridgehead atoms. The lowest BCUT2D eigenvalue weighted by Crippen LogP contribution is -2.40. The minimum Gasteiger partial charge on any atom is -0.489 e. The molecule has 1 atom stereocenters. The average Bonchev–Trinajstić information content (AvgIpc) is 3.13. The first-order chi connectivity index (χ1) is 14.1. The largest absolute Gasteiger partial charge is 0.489 e. The maximum Gasteiger partial charge on any atom is 0.258 e. The van der Waals surface area contributed by atoms with Crippen molar-refractivity contribution in [3.63, 3.8) is 0 Å². The van der Waals surface area contributed by atoms with Crippen molar-refractivity contribution in [1.82, 2.24) is 10.2 Å². The van der Waals surface area contributed by atoms with Gasteiger partial charge in [0.1, 0.15) is 23.8 Å². The second-order valence-corrected chi connectivity index (χ2v) is 7.56. The van der Waals surface area contributed by atoms with E-state index in [0.29, 0.717) is 18.9 Å². The molecule has 0 spiro atoms. The topological polar surface area (TPSA) is 74.3 Å². The summed E-state index contributed by atoms with van der Waals surface area (Å²) in [7, 11) is 1.97. The third-order valence-electron chi connectivity index (χ3n) is 5.30. The van der Waals surface area contributed by atoms with Crippen LogP contribution in [0.4, 0.5) is 5.69 Å². The number of aliphatic hydroxyl groups is 1. The number of para-hydroxylation sites is 1. The maximum absolute atomic E-state index is 12.2. The first-order valence-electron chi connectivity index (χ1n) is 9.94. The fourth-order valence-electron chi connectivity index (χ4n) is 3.84. The molecule has 29 heavy (non-hydrogen) atoms. The number of anilines is 1. The molecule has 154 valence electrons. The van der Waals surface area contributed by atoms with Gasteiger partial charge >= 0.3 is 0 Å². The summed E-state index contributed by atoms with van der Waals surface area (Å²) in [4.78, 5) is 16.4. The number of carbonyl (C=O) groups is 1. The Morgan fingerprint density at radius 3 is 2.72 bits per heavy atom. The van der Waals surface area contributed by atoms with E-state index < -0.39 is 6.10 Å². The van der Waals surface area contributed by atoms with Gasteiger partial charge in [0, 0.05) is 33.2 Å². The van der Waals surface area contributed by atoms with Crippen molar-refractivity contribution in [2.45, 2.75) is 19.2 Å². The molecule has 2 aromatic rings. The molecule has 2 aromatic carbocycles. The molecule has 2 N–H and O–H groups in total. The van der Waals surface area contributed by atoms with E-state index in [1.807, 2.05) is 37.4 Å². The number of nitrogens with one attached hydrogen (secondary N) is 1. The van der Waals surface area contributed by atoms with Crippen molar-refractivity contribution >= 4 is 11.6 Å². The van der Waals surface area contributed by atoms with Crippen LogP contribution in [0, 0.1) is 0 Å². The highest BCUT2D eigenvalue weighted by Crippen LogP contribution is 2.39. The van der Waals surface area contributed by atoms with Gasteiger partial charge in [0.15, 0.2) is 6.61 Å². The van der Waals surface area contributed by atoms with Crippen LogP contribution < -0.4 is 19.7 Å². The summed E-state index contributed by atoms with van der Waals surface area (Å²) in [5.74, 6) is 1.12. The van der Waals surface area contributed by atoms with Crippen LogP contribution in [-0.2, 0) is 17.9 Å². The Labute approximate surface area is 170 Å². The highest BCUT2D eigenvalue weighted by atomic mass is 16.5. The number of hydrogen-bond acceptors (Lipinski definition) is 6. The van der Waals surface area contributed by atoms with Crippen LogP contribution in [0.2, 0.25) is 0 Å². The van der Waals surface area contributed by atoms with E-state index in [4.69, 9.17) is 9.47 Å². The molecule has 7 heteroatoms. The molecule has 0 saturated heterocycles. The molecule has 1 unspecified atom stereocenters. The van der Waals surface area contributed by atoms with Gasteiger partial charge in [-0.05, 0) is 23.3 Å². The van der Waals surface area contributed by atoms with E-state index in [2.05, 4.69) is 27.2 Å². The zero-order chi connectivity index (χ0) is 20.2. The average molecular weight is 397 g/mol. The van der Waals surface area contributed by atoms with E-state index in [9.17, 15) is 9.90 Å². The van der Waals surface area contributed by atoms with Crippen LogP contribution in [-0.4, -0.2) is 61.9 Å². The number of benzene rings is 2. The molecule has 1 amide bonds. The second-order valence-electron chi connectivity index (χ2n) is 7.56. The van der Waals surface area contributed by atoms with E-state index in [0.717, 1.165) is 31.1 Å². The highest BCUT2D eigenvalue weighted by molar-refractivity contribution is 5.78. The summed E-state index contributed by atoms with van der Waals surface area (Å²) in [6, 6.07) is 13.9. The van der Waals surface area contributed by atoms with Crippen LogP contribution in [0.5, 0.6) is 11.5 Å². The first kappa shape index (κ1) is 19.5. The number of rotatable bonds is 7. The van der Waals surface area contributed by atoms with E-state index in [-0.39, 0.29) is 19.1 Å². The molecule has 0 aliphatic carbocycles. The number of hydrogen-bond donors (Lipinski definition) is 2. The lowest BCUT2D eigenvalue weighted by atomic mass is 10.1. The number of amides is 1. The number of β-amino-alcohol motifs (C(OH)–C–C–N with tert-alkyl or cyclic N) is 1. The van der Waals surface area contributed by atoms with Crippen molar-refractivity contribution in [3.05, 3.63) is 53.6 Å². The third kappa shape index (κ3) is 4.63. The van der Waals surface area contributed by atoms with Crippen molar-refractivity contribution in [3.8, 4) is 11.5 Å². The molecule has 2 aliphatic rings. The zero-order valence-electron chi connectivity index (χ0n) is 16.6. The van der Waals surface area contributed by atoms with Crippen molar-refractivity contribution in [2.24, 2.45) is 0 Å². The Morgan fingerprint density at radius 2 is 1.97 bits per heavy atom. The molecular weight excluding hydrogens is 370 g/mol. The normalized spacial score (nSPS) is 16.6. The summed E-state index contributed by atoms with van der Waals surface area (Å²) < 4.78 is 11.4. The molecule has 0 radical (unpaired) electrons. The summed E-state index contributed by atoms with van der Waals surface area (Å²) in [6.45, 7) is 3.68. The Kier molecular flexibility index (Phi) is 5.87. The van der Waals surface area contributed by atoms with Gasteiger partial charge in [-0.2, -0.15) is 0 Å². The number of ether oxygens (including phenoxy) is 2. The quantitative estimate of drug-likeness (QED) is 0.736. The van der Waals surface area contributed by atoms with Gasteiger partial charge in [-0.3, -0.25) is 9.69 Å². The smallest absolute Gasteiger partial charge is 0.258 e. The molecular formula is C22H27N3O4. The molecule has 0 aromatic heterocycles. The van der Waals surface area contributed by atoms with E-state index in [1.165, 1.54) is 11.1 Å². The minimum atomic E-state index is -0.628. The van der Waals surface area contributed by atoms with Gasteiger partial charge in [0.25, 0.3) is 5.91 Å². The lowest BCUT2D eigenvalue weighted by molar-refractivity contribution is -0.123. The van der Waals surface area contributed by atoms with Crippen LogP contribution in [0.15, 0.2) is 42.5 Å². The fraction of sp³-hybridized carbons (Fsp3) is 0.409. The van der Waals surface area contributed by atoms with Crippen LogP contribution in [0.1, 0.15) is 11.1 Å². The fourth-order valence-corrected chi connectivity index (χ4v) is 3.84. The van der Waals surface area contributed by atoms with Crippen molar-refractivity contribution < 1.29 is 19.4 Å². The summed E-state index contributed by atoms with van der Waals surface area (Å²) in [5, 5.41) is 13.0. The van der Waals surface area contributed by atoms with Gasteiger partial charge in [0.2, 0.25) is 0 Å². The molecule has 0 saturated carbocycles. The van der Waals surface area contributed by atoms with Crippen LogP contribution >= 0.6 is 0 Å². The molecule has 7 nitrogen and oxygen atoms in total. The molecule has 2 heterocycles. The van der Waals surface area contributed by atoms with Crippen molar-refractivity contribution in [1.29, 1.82) is 0 Å². The van der Waals surface area contributed by atoms with Crippen LogP contribution in [0.3, 0.4) is 0 Å². The number of nitrogens with zero attached hydrogens (tertiary/aromatic N) is 2. The molecule has 0 fully saturated rings. The van der Waals surface area contributed by atoms with Gasteiger partial charge in [0.05, 0.1) is 12.6 Å². The van der Waals surface area contributed by atoms with Gasteiger partial charge in [-0.25, -0.2) is 0 Å². The Morgan fingerprint density at radius 1 is 1.21 bits per heavy atom. The number of likely N-dealkylation sites (N-methyl/N-ethyl adjacent to an activating group) is 1. The van der Waals surface area contributed by atoms with Gasteiger partial charge < -0.3 is 24.8 Å². The van der Waals surface area contributed by atoms with Gasteiger partial charge in [-0.1, -0.05) is 30.3 Å². The Hall–Kier alpha value is -2.77. The highest BCUT2D eigenvalue weighted by Gasteiger charge is 2.22. The summed E-state index contributed by atoms with van der Waals surface area (Å²) >= 11 is 0. The zero-order valence-corrected chi connectivity index (χ0v) is 16.6. The summed E-state index contributed by atoms with van der Waals surface area (Å²) in [6.07, 6.45) is -0.628. The molecule has 2 aliphatic heterocycles. The Bertz CT molecular complexity index is 848. The number of aliphatic hydroxyl groups excluding tert-OH is 1.